The van der Waals surface area contributed by atoms with E-state index in [0.717, 1.165) is 60.7 Å². The van der Waals surface area contributed by atoms with Crippen molar-refractivity contribution in [3.05, 3.63) is 243 Å². The van der Waals surface area contributed by atoms with Crippen molar-refractivity contribution in [2.75, 3.05) is 4.90 Å². The Kier molecular flexibility index (Phi) is 21.2. The van der Waals surface area contributed by atoms with E-state index in [0.29, 0.717) is 0 Å². The first-order valence-electron chi connectivity index (χ1n) is 36.8. The number of unbranched alkanes of at least 4 members (excludes halogenated alkanes) is 17. The molecule has 9 aromatic rings. The third-order valence-electron chi connectivity index (χ3n) is 21.4. The smallest absolute Gasteiger partial charge is 0.152 e. The minimum Gasteiger partial charge on any atom is -0.453 e. The SMILES string of the molecule is CCCCCCCCC1(CCCCCCCC)c2cc(-c3ccc4c(c3)Oc3cc(C)ccc3N4c3ccc(CCCC)cc3)ccc2-c2ccc(-c3ccc4c(c3)C(c3cccc(CCCCCC)c3)(c3cccc(CCCCCC)c3)c3cc(C)ccc3-4)cc21. The van der Waals surface area contributed by atoms with Crippen molar-refractivity contribution in [3.8, 4) is 56.0 Å². The van der Waals surface area contributed by atoms with Crippen LogP contribution in [-0.2, 0) is 30.1 Å². The molecule has 0 radical (unpaired) electrons. The maximum absolute atomic E-state index is 7.00. The van der Waals surface area contributed by atoms with Crippen LogP contribution in [0.25, 0.3) is 44.5 Å². The first-order chi connectivity index (χ1) is 45.2. The van der Waals surface area contributed by atoms with Crippen molar-refractivity contribution >= 4 is 17.1 Å². The number of fused-ring (bicyclic) bond motifs is 8. The van der Waals surface area contributed by atoms with Gasteiger partial charge in [0.2, 0.25) is 0 Å². The molecule has 92 heavy (non-hydrogen) atoms. The Morgan fingerprint density at radius 2 is 0.717 bits per heavy atom. The fraction of sp³-hybridized carbons (Fsp3) is 0.400. The van der Waals surface area contributed by atoms with Crippen molar-refractivity contribution in [3.63, 3.8) is 0 Å². The van der Waals surface area contributed by atoms with E-state index in [9.17, 15) is 0 Å². The summed E-state index contributed by atoms with van der Waals surface area (Å²) in [6.45, 7) is 16.1. The van der Waals surface area contributed by atoms with Gasteiger partial charge in [0, 0.05) is 11.1 Å². The van der Waals surface area contributed by atoms with Crippen molar-refractivity contribution in [1.29, 1.82) is 0 Å². The van der Waals surface area contributed by atoms with Crippen LogP contribution in [0.4, 0.5) is 17.1 Å². The maximum atomic E-state index is 7.00. The molecule has 9 aromatic carbocycles. The van der Waals surface area contributed by atoms with Gasteiger partial charge in [-0.05, 0) is 220 Å². The zero-order valence-corrected chi connectivity index (χ0v) is 57.3. The molecule has 2 nitrogen and oxygen atoms in total. The minimum atomic E-state index is -0.490. The largest absolute Gasteiger partial charge is 0.453 e. The Balaban J connectivity index is 0.985. The number of benzene rings is 9. The van der Waals surface area contributed by atoms with E-state index in [1.807, 2.05) is 0 Å². The molecule has 1 aliphatic heterocycles. The van der Waals surface area contributed by atoms with Crippen molar-refractivity contribution in [1.82, 2.24) is 0 Å². The number of anilines is 3. The summed E-state index contributed by atoms with van der Waals surface area (Å²) >= 11 is 0. The fourth-order valence-electron chi connectivity index (χ4n) is 16.3. The lowest BCUT2D eigenvalue weighted by Gasteiger charge is -2.35. The van der Waals surface area contributed by atoms with Crippen LogP contribution < -0.4 is 9.64 Å². The molecule has 0 atom stereocenters. The van der Waals surface area contributed by atoms with Gasteiger partial charge in [0.05, 0.1) is 16.8 Å². The molecule has 0 saturated carbocycles. The molecule has 2 aliphatic carbocycles. The van der Waals surface area contributed by atoms with E-state index in [1.165, 1.54) is 241 Å². The van der Waals surface area contributed by atoms with Crippen LogP contribution in [-0.4, -0.2) is 0 Å². The highest BCUT2D eigenvalue weighted by Crippen LogP contribution is 2.60. The highest BCUT2D eigenvalue weighted by Gasteiger charge is 2.47. The fourth-order valence-corrected chi connectivity index (χ4v) is 16.3. The molecule has 0 saturated heterocycles. The van der Waals surface area contributed by atoms with Crippen molar-refractivity contribution < 1.29 is 4.74 Å². The standard InChI is InChI=1S/C90H105NO/c1-8-13-18-22-24-28-55-89(56-29-25-23-19-14-9-2)81-61-70(43-50-77(81)78-51-44-71(62-82(78)89)73-46-54-86-88(64-73)92-87-58-66(7)40-53-85(87)91(86)76-47-41-67(42-48-76)32-17-12-5)72-45-52-80-79-49-39-65(6)57-83(79)90(84(80)63-72,74-37-30-35-68(59-74)33-26-20-15-10-3)75-38-31-36-69(60-75)34-27-21-16-11-4/h30-31,35-54,57-64H,8-29,32-34,55-56H2,1-7H3. The second kappa shape index (κ2) is 30.1. The van der Waals surface area contributed by atoms with E-state index in [4.69, 9.17) is 4.74 Å². The Morgan fingerprint density at radius 1 is 0.315 bits per heavy atom. The summed E-state index contributed by atoms with van der Waals surface area (Å²) in [5.41, 5.74) is 28.9. The molecule has 0 N–H and O–H groups in total. The summed E-state index contributed by atoms with van der Waals surface area (Å²) in [6, 6.07) is 72.8. The van der Waals surface area contributed by atoms with E-state index >= 15 is 0 Å². The third-order valence-corrected chi connectivity index (χ3v) is 21.4. The second-order valence-electron chi connectivity index (χ2n) is 28.1. The van der Waals surface area contributed by atoms with E-state index in [1.54, 1.807) is 5.56 Å². The first-order valence-corrected chi connectivity index (χ1v) is 36.8. The Hall–Kier alpha value is -7.42. The predicted molar refractivity (Wildman–Crippen MR) is 395 cm³/mol. The van der Waals surface area contributed by atoms with E-state index in [-0.39, 0.29) is 5.41 Å². The van der Waals surface area contributed by atoms with E-state index < -0.39 is 5.41 Å². The Morgan fingerprint density at radius 3 is 1.26 bits per heavy atom. The average molecular weight is 1220 g/mol. The van der Waals surface area contributed by atoms with Gasteiger partial charge in [-0.2, -0.15) is 0 Å². The monoisotopic (exact) mass is 1220 g/mol. The summed E-state index contributed by atoms with van der Waals surface area (Å²) in [7, 11) is 0. The van der Waals surface area contributed by atoms with Gasteiger partial charge in [0.25, 0.3) is 0 Å². The normalized spacial score (nSPS) is 13.7. The molecule has 0 bridgehead atoms. The number of aryl methyl sites for hydroxylation is 5. The lowest BCUT2D eigenvalue weighted by molar-refractivity contribution is 0.398. The van der Waals surface area contributed by atoms with Crippen LogP contribution in [0.2, 0.25) is 0 Å². The van der Waals surface area contributed by atoms with Crippen LogP contribution in [0.15, 0.2) is 182 Å². The predicted octanol–water partition coefficient (Wildman–Crippen LogP) is 26.9. The van der Waals surface area contributed by atoms with Gasteiger partial charge >= 0.3 is 0 Å². The molecule has 3 aliphatic rings. The molecule has 0 aromatic heterocycles. The zero-order valence-electron chi connectivity index (χ0n) is 57.3. The molecular weight excluding hydrogens is 1110 g/mol. The van der Waals surface area contributed by atoms with Crippen LogP contribution in [0.1, 0.15) is 250 Å². The topological polar surface area (TPSA) is 12.5 Å². The lowest BCUT2D eigenvalue weighted by Crippen LogP contribution is -2.29. The van der Waals surface area contributed by atoms with Crippen molar-refractivity contribution in [2.24, 2.45) is 0 Å². The van der Waals surface area contributed by atoms with Crippen LogP contribution >= 0.6 is 0 Å². The van der Waals surface area contributed by atoms with Crippen LogP contribution in [0.3, 0.4) is 0 Å². The molecule has 2 heteroatoms. The van der Waals surface area contributed by atoms with Gasteiger partial charge in [-0.3, -0.25) is 0 Å². The molecule has 1 heterocycles. The maximum Gasteiger partial charge on any atom is 0.152 e. The Labute approximate surface area is 555 Å². The summed E-state index contributed by atoms with van der Waals surface area (Å²) < 4.78 is 7.00. The lowest BCUT2D eigenvalue weighted by atomic mass is 9.66. The highest BCUT2D eigenvalue weighted by atomic mass is 16.5. The quantitative estimate of drug-likeness (QED) is 0.0390. The Bertz CT molecular complexity index is 3880. The summed E-state index contributed by atoms with van der Waals surface area (Å²) in [4.78, 5) is 2.41. The van der Waals surface area contributed by atoms with Gasteiger partial charge in [0.1, 0.15) is 0 Å². The zero-order chi connectivity index (χ0) is 63.4. The number of hydrogen-bond acceptors (Lipinski definition) is 2. The number of ether oxygens (including phenoxy) is 1. The van der Waals surface area contributed by atoms with Gasteiger partial charge in [-0.15, -0.1) is 0 Å². The van der Waals surface area contributed by atoms with Crippen LogP contribution in [0, 0.1) is 13.8 Å². The van der Waals surface area contributed by atoms with Gasteiger partial charge in [-0.25, -0.2) is 0 Å². The average Bonchev–Trinajstić information content (AvgIpc) is 1.53. The van der Waals surface area contributed by atoms with E-state index in [2.05, 4.69) is 235 Å². The third kappa shape index (κ3) is 13.4. The first kappa shape index (κ1) is 64.7. The number of nitrogens with zero attached hydrogens (tertiary/aromatic N) is 1. The molecular formula is C90H105NO. The summed E-state index contributed by atoms with van der Waals surface area (Å²) in [6.07, 6.45) is 33.6. The number of hydrogen-bond donors (Lipinski definition) is 0. The second-order valence-corrected chi connectivity index (χ2v) is 28.1. The summed E-state index contributed by atoms with van der Waals surface area (Å²) in [5, 5.41) is 0. The molecule has 476 valence electrons. The van der Waals surface area contributed by atoms with Gasteiger partial charge in [-0.1, -0.05) is 290 Å². The molecule has 0 spiro atoms. The number of rotatable bonds is 32. The minimum absolute atomic E-state index is 0.128. The van der Waals surface area contributed by atoms with Gasteiger partial charge < -0.3 is 9.64 Å². The summed E-state index contributed by atoms with van der Waals surface area (Å²) in [5.74, 6) is 1.80. The van der Waals surface area contributed by atoms with Crippen LogP contribution in [0.5, 0.6) is 11.5 Å². The molecule has 12 rings (SSSR count). The highest BCUT2D eigenvalue weighted by molar-refractivity contribution is 5.92. The molecule has 0 unspecified atom stereocenters. The van der Waals surface area contributed by atoms with Crippen molar-refractivity contribution in [2.45, 2.75) is 233 Å². The van der Waals surface area contributed by atoms with Gasteiger partial charge in [0.15, 0.2) is 11.5 Å². The molecule has 0 amide bonds. The molecule has 0 fully saturated rings.